The summed E-state index contributed by atoms with van der Waals surface area (Å²) in [5, 5.41) is 4.33. The minimum atomic E-state index is -0.296. The zero-order chi connectivity index (χ0) is 12.5. The lowest BCUT2D eigenvalue weighted by Gasteiger charge is -2.02. The summed E-state index contributed by atoms with van der Waals surface area (Å²) in [5.41, 5.74) is 7.22. The molecule has 0 atom stereocenters. The fourth-order valence-electron chi connectivity index (χ4n) is 1.73. The molecule has 0 unspecified atom stereocenters. The van der Waals surface area contributed by atoms with Crippen molar-refractivity contribution in [1.29, 1.82) is 0 Å². The van der Waals surface area contributed by atoms with Gasteiger partial charge in [-0.3, -0.25) is 0 Å². The summed E-state index contributed by atoms with van der Waals surface area (Å²) < 4.78 is 19.6. The molecule has 2 aromatic heterocycles. The Balaban J connectivity index is 2.06. The highest BCUT2D eigenvalue weighted by Crippen LogP contribution is 2.23. The molecular formula is C13H10FN3O. The quantitative estimate of drug-likeness (QED) is 0.752. The van der Waals surface area contributed by atoms with Gasteiger partial charge in [-0.25, -0.2) is 9.07 Å². The molecule has 2 heterocycles. The van der Waals surface area contributed by atoms with Gasteiger partial charge in [-0.05, 0) is 36.4 Å². The van der Waals surface area contributed by atoms with Crippen molar-refractivity contribution in [1.82, 2.24) is 9.78 Å². The molecule has 0 aliphatic rings. The van der Waals surface area contributed by atoms with Crippen LogP contribution in [0.3, 0.4) is 0 Å². The lowest BCUT2D eigenvalue weighted by molar-refractivity contribution is 0.579. The Hall–Kier alpha value is -2.56. The van der Waals surface area contributed by atoms with Crippen LogP contribution in [0.5, 0.6) is 0 Å². The van der Waals surface area contributed by atoms with Gasteiger partial charge in [-0.1, -0.05) is 0 Å². The summed E-state index contributed by atoms with van der Waals surface area (Å²) in [6.07, 6.45) is 1.57. The first-order chi connectivity index (χ1) is 8.74. The average Bonchev–Trinajstić information content (AvgIpc) is 2.99. The number of aromatic nitrogens is 2. The van der Waals surface area contributed by atoms with E-state index >= 15 is 0 Å². The van der Waals surface area contributed by atoms with Crippen molar-refractivity contribution < 1.29 is 8.81 Å². The zero-order valence-electron chi connectivity index (χ0n) is 9.38. The number of anilines is 1. The minimum absolute atomic E-state index is 0.296. The molecule has 0 saturated carbocycles. The molecule has 0 radical (unpaired) electrons. The van der Waals surface area contributed by atoms with Crippen molar-refractivity contribution >= 4 is 5.82 Å². The van der Waals surface area contributed by atoms with Gasteiger partial charge in [0, 0.05) is 6.07 Å². The Morgan fingerprint density at radius 3 is 2.61 bits per heavy atom. The molecule has 5 heteroatoms. The Labute approximate surface area is 102 Å². The van der Waals surface area contributed by atoms with Crippen LogP contribution in [0, 0.1) is 5.82 Å². The summed E-state index contributed by atoms with van der Waals surface area (Å²) in [6.45, 7) is 0. The van der Waals surface area contributed by atoms with E-state index in [1.54, 1.807) is 36.6 Å². The molecule has 0 fully saturated rings. The largest absolute Gasteiger partial charge is 0.463 e. The van der Waals surface area contributed by atoms with E-state index in [2.05, 4.69) is 5.10 Å². The average molecular weight is 243 g/mol. The molecule has 0 aliphatic carbocycles. The zero-order valence-corrected chi connectivity index (χ0v) is 9.38. The Morgan fingerprint density at radius 2 is 1.94 bits per heavy atom. The van der Waals surface area contributed by atoms with Gasteiger partial charge in [-0.2, -0.15) is 5.10 Å². The highest BCUT2D eigenvalue weighted by atomic mass is 19.1. The van der Waals surface area contributed by atoms with E-state index in [4.69, 9.17) is 10.2 Å². The second-order valence-corrected chi connectivity index (χ2v) is 3.82. The van der Waals surface area contributed by atoms with Crippen molar-refractivity contribution in [2.75, 3.05) is 5.73 Å². The smallest absolute Gasteiger partial charge is 0.154 e. The summed E-state index contributed by atoms with van der Waals surface area (Å²) in [6, 6.07) is 11.3. The molecule has 2 N–H and O–H groups in total. The molecule has 1 aromatic carbocycles. The molecule has 3 rings (SSSR count). The van der Waals surface area contributed by atoms with Crippen LogP contribution in [0.1, 0.15) is 0 Å². The van der Waals surface area contributed by atoms with E-state index in [9.17, 15) is 4.39 Å². The summed E-state index contributed by atoms with van der Waals surface area (Å²) in [4.78, 5) is 0. The molecule has 0 bridgehead atoms. The third-order valence-electron chi connectivity index (χ3n) is 2.58. The van der Waals surface area contributed by atoms with E-state index in [-0.39, 0.29) is 5.82 Å². The standard InChI is InChI=1S/C13H10FN3O/c14-9-3-5-10(6-4-9)17-13(15)8-11(16-17)12-2-1-7-18-12/h1-8H,15H2. The third-order valence-corrected chi connectivity index (χ3v) is 2.58. The van der Waals surface area contributed by atoms with Crippen LogP contribution in [0.15, 0.2) is 53.1 Å². The van der Waals surface area contributed by atoms with Gasteiger partial charge < -0.3 is 10.2 Å². The van der Waals surface area contributed by atoms with Gasteiger partial charge in [0.1, 0.15) is 17.3 Å². The van der Waals surface area contributed by atoms with Crippen molar-refractivity contribution in [2.45, 2.75) is 0 Å². The lowest BCUT2D eigenvalue weighted by Crippen LogP contribution is -2.01. The van der Waals surface area contributed by atoms with E-state index < -0.39 is 0 Å². The van der Waals surface area contributed by atoms with Gasteiger partial charge in [0.05, 0.1) is 12.0 Å². The molecule has 0 amide bonds. The monoisotopic (exact) mass is 243 g/mol. The summed E-state index contributed by atoms with van der Waals surface area (Å²) in [5.74, 6) is 0.811. The number of nitrogens with two attached hydrogens (primary N) is 1. The first kappa shape index (κ1) is 10.6. The number of furan rings is 1. The fraction of sp³-hybridized carbons (Fsp3) is 0. The van der Waals surface area contributed by atoms with Crippen LogP contribution in [0.2, 0.25) is 0 Å². The van der Waals surface area contributed by atoms with Crippen LogP contribution >= 0.6 is 0 Å². The lowest BCUT2D eigenvalue weighted by atomic mass is 10.3. The number of nitrogen functional groups attached to an aromatic ring is 1. The van der Waals surface area contributed by atoms with E-state index in [1.165, 1.54) is 16.8 Å². The van der Waals surface area contributed by atoms with E-state index in [0.29, 0.717) is 23.0 Å². The molecule has 90 valence electrons. The van der Waals surface area contributed by atoms with Crippen molar-refractivity contribution in [3.8, 4) is 17.1 Å². The molecule has 0 aliphatic heterocycles. The molecule has 3 aromatic rings. The number of benzene rings is 1. The normalized spacial score (nSPS) is 10.7. The van der Waals surface area contributed by atoms with E-state index in [1.807, 2.05) is 0 Å². The maximum Gasteiger partial charge on any atom is 0.154 e. The number of halogens is 1. The summed E-state index contributed by atoms with van der Waals surface area (Å²) >= 11 is 0. The van der Waals surface area contributed by atoms with Crippen LogP contribution in [-0.2, 0) is 0 Å². The summed E-state index contributed by atoms with van der Waals surface area (Å²) in [7, 11) is 0. The first-order valence-electron chi connectivity index (χ1n) is 5.39. The van der Waals surface area contributed by atoms with Gasteiger partial charge in [0.25, 0.3) is 0 Å². The topological polar surface area (TPSA) is 57.0 Å². The molecule has 4 nitrogen and oxygen atoms in total. The maximum absolute atomic E-state index is 12.9. The van der Waals surface area contributed by atoms with Crippen LogP contribution in [-0.4, -0.2) is 9.78 Å². The molecular weight excluding hydrogens is 233 g/mol. The Kier molecular flexibility index (Phi) is 2.37. The molecule has 18 heavy (non-hydrogen) atoms. The van der Waals surface area contributed by atoms with E-state index in [0.717, 1.165) is 0 Å². The second-order valence-electron chi connectivity index (χ2n) is 3.82. The van der Waals surface area contributed by atoms with Gasteiger partial charge in [0.15, 0.2) is 5.76 Å². The maximum atomic E-state index is 12.9. The van der Waals surface area contributed by atoms with Crippen LogP contribution in [0.25, 0.3) is 17.1 Å². The number of nitrogens with zero attached hydrogens (tertiary/aromatic N) is 2. The highest BCUT2D eigenvalue weighted by Gasteiger charge is 2.10. The van der Waals surface area contributed by atoms with Crippen molar-refractivity contribution in [3.63, 3.8) is 0 Å². The van der Waals surface area contributed by atoms with Gasteiger partial charge in [0.2, 0.25) is 0 Å². The number of hydrogen-bond donors (Lipinski definition) is 1. The van der Waals surface area contributed by atoms with Crippen LogP contribution in [0.4, 0.5) is 10.2 Å². The van der Waals surface area contributed by atoms with Gasteiger partial charge in [-0.15, -0.1) is 0 Å². The predicted octanol–water partition coefficient (Wildman–Crippen LogP) is 2.85. The van der Waals surface area contributed by atoms with Crippen LogP contribution < -0.4 is 5.73 Å². The third kappa shape index (κ3) is 1.75. The SMILES string of the molecule is Nc1cc(-c2ccco2)nn1-c1ccc(F)cc1. The molecule has 0 saturated heterocycles. The number of rotatable bonds is 2. The molecule has 0 spiro atoms. The Morgan fingerprint density at radius 1 is 1.17 bits per heavy atom. The number of hydrogen-bond acceptors (Lipinski definition) is 3. The fourth-order valence-corrected chi connectivity index (χ4v) is 1.73. The van der Waals surface area contributed by atoms with Crippen molar-refractivity contribution in [2.24, 2.45) is 0 Å². The van der Waals surface area contributed by atoms with Crippen molar-refractivity contribution in [3.05, 3.63) is 54.5 Å². The van der Waals surface area contributed by atoms with Gasteiger partial charge >= 0.3 is 0 Å². The minimum Gasteiger partial charge on any atom is -0.463 e. The highest BCUT2D eigenvalue weighted by molar-refractivity contribution is 5.58. The first-order valence-corrected chi connectivity index (χ1v) is 5.39. The Bertz CT molecular complexity index is 656. The second kappa shape index (κ2) is 4.03. The predicted molar refractivity (Wildman–Crippen MR) is 65.6 cm³/mol.